The molecule has 0 saturated heterocycles. The van der Waals surface area contributed by atoms with Crippen LogP contribution in [0.2, 0.25) is 0 Å². The van der Waals surface area contributed by atoms with Gasteiger partial charge < -0.3 is 19.8 Å². The highest BCUT2D eigenvalue weighted by Gasteiger charge is 2.28. The predicted octanol–water partition coefficient (Wildman–Crippen LogP) is 11.7. The third kappa shape index (κ3) is 37.3. The van der Waals surface area contributed by atoms with Crippen LogP contribution in [0.1, 0.15) is 194 Å². The number of amides is 1. The Labute approximate surface area is 322 Å². The Morgan fingerprint density at radius 3 is 1.60 bits per heavy atom. The van der Waals surface area contributed by atoms with Crippen LogP contribution in [0.15, 0.2) is 24.3 Å². The number of likely N-dealkylation sites (N-methyl/N-ethyl adjacent to an activating group) is 1. The average Bonchev–Trinajstić information content (AvgIpc) is 3.09. The minimum absolute atomic E-state index is 0.0733. The second kappa shape index (κ2) is 35.7. The van der Waals surface area contributed by atoms with Gasteiger partial charge in [-0.15, -0.1) is 0 Å². The molecule has 0 aromatic carbocycles. The van der Waals surface area contributed by atoms with E-state index >= 15 is 0 Å². The molecule has 3 N–H and O–H groups in total. The maximum atomic E-state index is 12.9. The summed E-state index contributed by atoms with van der Waals surface area (Å²) in [6.07, 6.45) is 40.5. The molecule has 3 unspecified atom stereocenters. The summed E-state index contributed by atoms with van der Waals surface area (Å²) in [5.74, 6) is -0.154. The van der Waals surface area contributed by atoms with Gasteiger partial charge in [-0.3, -0.25) is 13.8 Å². The van der Waals surface area contributed by atoms with Gasteiger partial charge in [0.2, 0.25) is 5.91 Å². The first-order chi connectivity index (χ1) is 25.0. The smallest absolute Gasteiger partial charge is 0.391 e. The summed E-state index contributed by atoms with van der Waals surface area (Å²) in [6.45, 7) is 4.85. The van der Waals surface area contributed by atoms with Gasteiger partial charge in [0.25, 0.3) is 0 Å². The van der Waals surface area contributed by atoms with Crippen molar-refractivity contribution in [2.24, 2.45) is 0 Å². The quantitative estimate of drug-likeness (QED) is 0.0250. The van der Waals surface area contributed by atoms with Gasteiger partial charge in [-0.2, -0.15) is 0 Å². The first-order valence-corrected chi connectivity index (χ1v) is 23.2. The Kier molecular flexibility index (Phi) is 35.0. The zero-order valence-corrected chi connectivity index (χ0v) is 35.7. The minimum atomic E-state index is -4.31. The van der Waals surface area contributed by atoms with Crippen molar-refractivity contribution < 1.29 is 32.9 Å². The van der Waals surface area contributed by atoms with E-state index in [9.17, 15) is 19.4 Å². The van der Waals surface area contributed by atoms with E-state index in [2.05, 4.69) is 43.5 Å². The number of nitrogens with zero attached hydrogens (tertiary/aromatic N) is 1. The molecule has 0 aromatic heterocycles. The summed E-state index contributed by atoms with van der Waals surface area (Å²) in [7, 11) is 1.61. The third-order valence-corrected chi connectivity index (χ3v) is 10.7. The Morgan fingerprint density at radius 1 is 0.654 bits per heavy atom. The summed E-state index contributed by atoms with van der Waals surface area (Å²) in [4.78, 5) is 23.1. The average molecular weight is 758 g/mol. The number of unbranched alkanes of at least 4 members (excludes halogenated alkanes) is 22. The lowest BCUT2D eigenvalue weighted by Gasteiger charge is -2.26. The number of phosphoric ester groups is 1. The van der Waals surface area contributed by atoms with Crippen molar-refractivity contribution in [2.75, 3.05) is 40.9 Å². The van der Waals surface area contributed by atoms with Crippen LogP contribution >= 0.6 is 7.82 Å². The van der Waals surface area contributed by atoms with Gasteiger partial charge in [0.15, 0.2) is 0 Å². The summed E-state index contributed by atoms with van der Waals surface area (Å²) in [5.41, 5.74) is 0. The molecule has 1 amide bonds. The van der Waals surface area contributed by atoms with Gasteiger partial charge in [-0.05, 0) is 44.9 Å². The molecule has 0 saturated carbocycles. The molecule has 0 fully saturated rings. The van der Waals surface area contributed by atoms with Crippen molar-refractivity contribution in [1.29, 1.82) is 0 Å². The molecule has 0 aliphatic rings. The van der Waals surface area contributed by atoms with Crippen LogP contribution in [0.4, 0.5) is 0 Å². The van der Waals surface area contributed by atoms with Gasteiger partial charge in [-0.25, -0.2) is 4.57 Å². The van der Waals surface area contributed by atoms with Crippen LogP contribution in [0.25, 0.3) is 0 Å². The van der Waals surface area contributed by atoms with Crippen LogP contribution in [-0.4, -0.2) is 73.4 Å². The summed E-state index contributed by atoms with van der Waals surface area (Å²) >= 11 is 0. The number of nitrogens with one attached hydrogen (secondary N) is 1. The normalized spacial score (nSPS) is 14.7. The number of aliphatic hydroxyl groups excluding tert-OH is 1. The number of aliphatic hydroxyl groups is 1. The second-order valence-corrected chi connectivity index (χ2v) is 17.5. The highest BCUT2D eigenvalue weighted by atomic mass is 31.2. The highest BCUT2D eigenvalue weighted by Crippen LogP contribution is 2.43. The van der Waals surface area contributed by atoms with E-state index in [1.165, 1.54) is 116 Å². The van der Waals surface area contributed by atoms with E-state index in [0.717, 1.165) is 51.4 Å². The zero-order valence-electron chi connectivity index (χ0n) is 34.8. The highest BCUT2D eigenvalue weighted by molar-refractivity contribution is 7.47. The molecule has 0 rings (SSSR count). The van der Waals surface area contributed by atoms with Crippen molar-refractivity contribution in [1.82, 2.24) is 5.32 Å². The monoisotopic (exact) mass is 758 g/mol. The lowest BCUT2D eigenvalue weighted by molar-refractivity contribution is -0.870. The maximum absolute atomic E-state index is 12.9. The van der Waals surface area contributed by atoms with E-state index in [-0.39, 0.29) is 19.1 Å². The number of carbonyl (C=O) groups excluding carboxylic acids is 1. The topological polar surface area (TPSA) is 105 Å². The SMILES string of the molecule is CCCCCC/C=C\C/C=C\CCCCCCCCCC(=O)NC(COP(=O)(O)OCC[N+](C)(C)C)C(O)CCCCCCCCCCCCCC. The molecule has 0 bridgehead atoms. The van der Waals surface area contributed by atoms with E-state index in [1.807, 2.05) is 21.1 Å². The molecule has 52 heavy (non-hydrogen) atoms. The van der Waals surface area contributed by atoms with Gasteiger partial charge >= 0.3 is 7.82 Å². The molecular formula is C43H86N2O6P+. The Bertz CT molecular complexity index is 907. The number of phosphoric acid groups is 1. The fourth-order valence-corrected chi connectivity index (χ4v) is 6.93. The molecule has 0 radical (unpaired) electrons. The molecule has 0 heterocycles. The largest absolute Gasteiger partial charge is 0.472 e. The number of allylic oxidation sites excluding steroid dienone is 4. The minimum Gasteiger partial charge on any atom is -0.391 e. The molecule has 0 aliphatic carbocycles. The van der Waals surface area contributed by atoms with Crippen LogP contribution in [0.5, 0.6) is 0 Å². The summed E-state index contributed by atoms with van der Waals surface area (Å²) < 4.78 is 23.6. The van der Waals surface area contributed by atoms with E-state index in [1.54, 1.807) is 0 Å². The van der Waals surface area contributed by atoms with Crippen LogP contribution in [0, 0.1) is 0 Å². The van der Waals surface area contributed by atoms with E-state index < -0.39 is 20.0 Å². The predicted molar refractivity (Wildman–Crippen MR) is 221 cm³/mol. The Balaban J connectivity index is 4.37. The van der Waals surface area contributed by atoms with Crippen LogP contribution in [0.3, 0.4) is 0 Å². The van der Waals surface area contributed by atoms with Crippen molar-refractivity contribution in [3.05, 3.63) is 24.3 Å². The molecule has 8 nitrogen and oxygen atoms in total. The molecule has 0 aliphatic heterocycles. The second-order valence-electron chi connectivity index (χ2n) is 16.1. The van der Waals surface area contributed by atoms with E-state index in [0.29, 0.717) is 23.9 Å². The van der Waals surface area contributed by atoms with Crippen molar-refractivity contribution in [3.63, 3.8) is 0 Å². The Hall–Kier alpha value is -1.02. The van der Waals surface area contributed by atoms with Crippen molar-refractivity contribution in [3.8, 4) is 0 Å². The first-order valence-electron chi connectivity index (χ1n) is 21.7. The number of carbonyl (C=O) groups is 1. The van der Waals surface area contributed by atoms with Crippen molar-refractivity contribution >= 4 is 13.7 Å². The zero-order chi connectivity index (χ0) is 38.6. The van der Waals surface area contributed by atoms with Gasteiger partial charge in [0.1, 0.15) is 13.2 Å². The van der Waals surface area contributed by atoms with Gasteiger partial charge in [0, 0.05) is 6.42 Å². The van der Waals surface area contributed by atoms with Gasteiger partial charge in [-0.1, -0.05) is 167 Å². The molecule has 9 heteroatoms. The standard InChI is InChI=1S/C43H85N2O6P/c1-6-8-10-12-14-16-18-20-21-22-23-24-25-27-29-31-33-35-37-43(47)44-41(40-51-52(48,49)50-39-38-45(3,4)5)42(46)36-34-32-30-28-26-19-17-15-13-11-9-7-2/h16,18,21-22,41-42,46H,6-15,17,19-20,23-40H2,1-5H3,(H-,44,47,48,49)/p+1/b18-16-,22-21-. The summed E-state index contributed by atoms with van der Waals surface area (Å²) in [5, 5.41) is 13.9. The Morgan fingerprint density at radius 2 is 1.10 bits per heavy atom. The summed E-state index contributed by atoms with van der Waals surface area (Å²) in [6, 6.07) is -0.761. The molecule has 0 spiro atoms. The number of hydrogen-bond acceptors (Lipinski definition) is 5. The number of hydrogen-bond donors (Lipinski definition) is 3. The fourth-order valence-electron chi connectivity index (χ4n) is 6.19. The first kappa shape index (κ1) is 51.0. The van der Waals surface area contributed by atoms with Crippen molar-refractivity contribution in [2.45, 2.75) is 206 Å². The van der Waals surface area contributed by atoms with Gasteiger partial charge in [0.05, 0.1) is 39.9 Å². The lowest BCUT2D eigenvalue weighted by Crippen LogP contribution is -2.46. The number of rotatable bonds is 39. The third-order valence-electron chi connectivity index (χ3n) is 9.70. The fraction of sp³-hybridized carbons (Fsp3) is 0.884. The number of quaternary nitrogens is 1. The maximum Gasteiger partial charge on any atom is 0.472 e. The molecule has 0 aromatic rings. The van der Waals surface area contributed by atoms with E-state index in [4.69, 9.17) is 9.05 Å². The van der Waals surface area contributed by atoms with Crippen LogP contribution < -0.4 is 5.32 Å². The van der Waals surface area contributed by atoms with Crippen LogP contribution in [-0.2, 0) is 18.4 Å². The molecule has 3 atom stereocenters. The lowest BCUT2D eigenvalue weighted by atomic mass is 10.0. The molecule has 308 valence electrons. The molecular weight excluding hydrogens is 671 g/mol.